The van der Waals surface area contributed by atoms with Crippen molar-refractivity contribution in [3.8, 4) is 12.3 Å². The van der Waals surface area contributed by atoms with Gasteiger partial charge in [-0.3, -0.25) is 4.79 Å². The second-order valence-electron chi connectivity index (χ2n) is 5.88. The number of hydrogen-bond acceptors (Lipinski definition) is 3. The molecule has 2 aromatic rings. The summed E-state index contributed by atoms with van der Waals surface area (Å²) in [6.45, 7) is 0. The highest BCUT2D eigenvalue weighted by molar-refractivity contribution is 6.00. The van der Waals surface area contributed by atoms with Crippen molar-refractivity contribution in [2.24, 2.45) is 0 Å². The van der Waals surface area contributed by atoms with Crippen molar-refractivity contribution < 1.29 is 18.0 Å². The Labute approximate surface area is 143 Å². The predicted octanol–water partition coefficient (Wildman–Crippen LogP) is 4.14. The lowest BCUT2D eigenvalue weighted by Crippen LogP contribution is -2.36. The average molecular weight is 347 g/mol. The highest BCUT2D eigenvalue weighted by atomic mass is 19.4. The normalized spacial score (nSPS) is 19.6. The fourth-order valence-electron chi connectivity index (χ4n) is 2.99. The lowest BCUT2D eigenvalue weighted by atomic mass is 9.96. The zero-order valence-corrected chi connectivity index (χ0v) is 13.3. The van der Waals surface area contributed by atoms with Gasteiger partial charge in [-0.2, -0.15) is 18.3 Å². The fourth-order valence-corrected chi connectivity index (χ4v) is 2.99. The van der Waals surface area contributed by atoms with E-state index < -0.39 is 18.3 Å². The molecule has 1 aliphatic rings. The van der Waals surface area contributed by atoms with Crippen LogP contribution < -0.4 is 5.32 Å². The number of hydrogen-bond donors (Lipinski definition) is 1. The van der Waals surface area contributed by atoms with Crippen LogP contribution in [0.15, 0.2) is 36.5 Å². The molecule has 0 saturated carbocycles. The van der Waals surface area contributed by atoms with Crippen molar-refractivity contribution in [2.45, 2.75) is 37.5 Å². The number of nitrogens with zero attached hydrogens (tertiary/aromatic N) is 2. The first-order valence-corrected chi connectivity index (χ1v) is 7.84. The molecule has 0 bridgehead atoms. The number of carbonyl (C=O) groups is 1. The maximum absolute atomic E-state index is 13.5. The van der Waals surface area contributed by atoms with Gasteiger partial charge < -0.3 is 5.32 Å². The molecule has 1 N–H and O–H groups in total. The molecule has 7 heteroatoms. The van der Waals surface area contributed by atoms with E-state index in [4.69, 9.17) is 6.42 Å². The van der Waals surface area contributed by atoms with Crippen molar-refractivity contribution in [3.05, 3.63) is 47.7 Å². The molecule has 3 rings (SSSR count). The van der Waals surface area contributed by atoms with Crippen LogP contribution >= 0.6 is 0 Å². The summed E-state index contributed by atoms with van der Waals surface area (Å²) in [4.78, 5) is 12.3. The Bertz CT molecular complexity index is 805. The highest BCUT2D eigenvalue weighted by Gasteiger charge is 2.47. The molecule has 2 heterocycles. The van der Waals surface area contributed by atoms with Crippen LogP contribution in [0.4, 0.5) is 19.0 Å². The summed E-state index contributed by atoms with van der Waals surface area (Å²) in [5.41, 5.74) is 0.872. The molecule has 130 valence electrons. The van der Waals surface area contributed by atoms with Crippen LogP contribution in [0.2, 0.25) is 0 Å². The second-order valence-corrected chi connectivity index (χ2v) is 5.88. The lowest BCUT2D eigenvalue weighted by molar-refractivity contribution is -0.173. The summed E-state index contributed by atoms with van der Waals surface area (Å²) >= 11 is 0. The van der Waals surface area contributed by atoms with Crippen LogP contribution in [-0.4, -0.2) is 21.7 Å². The quantitative estimate of drug-likeness (QED) is 0.668. The summed E-state index contributed by atoms with van der Waals surface area (Å²) in [6.07, 6.45) is 1.99. The molecule has 1 aromatic carbocycles. The van der Waals surface area contributed by atoms with Crippen LogP contribution in [0.1, 0.15) is 47.3 Å². The van der Waals surface area contributed by atoms with E-state index in [-0.39, 0.29) is 36.4 Å². The van der Waals surface area contributed by atoms with E-state index in [1.165, 1.54) is 6.20 Å². The molecule has 4 nitrogen and oxygen atoms in total. The Balaban J connectivity index is 2.00. The number of benzene rings is 1. The SMILES string of the molecule is C#CCCC(=O)c1cnn2c1NC(c1ccccc1)CC2C(F)(F)F. The highest BCUT2D eigenvalue weighted by Crippen LogP contribution is 2.44. The first-order valence-electron chi connectivity index (χ1n) is 7.84. The summed E-state index contributed by atoms with van der Waals surface area (Å²) < 4.78 is 41.4. The third-order valence-corrected chi connectivity index (χ3v) is 4.24. The molecule has 25 heavy (non-hydrogen) atoms. The monoisotopic (exact) mass is 347 g/mol. The number of nitrogens with one attached hydrogen (secondary N) is 1. The fraction of sp³-hybridized carbons (Fsp3) is 0.333. The van der Waals surface area contributed by atoms with Crippen LogP contribution in [0.25, 0.3) is 0 Å². The van der Waals surface area contributed by atoms with Gasteiger partial charge in [0, 0.05) is 19.3 Å². The van der Waals surface area contributed by atoms with Crippen LogP contribution in [-0.2, 0) is 0 Å². The van der Waals surface area contributed by atoms with E-state index in [1.807, 2.05) is 0 Å². The zero-order chi connectivity index (χ0) is 18.0. The standard InChI is InChI=1S/C18H16F3N3O/c1-2-3-9-15(25)13-11-22-24-16(18(19,20)21)10-14(23-17(13)24)12-7-5-4-6-8-12/h1,4-8,11,14,16,23H,3,9-10H2. The van der Waals surface area contributed by atoms with Gasteiger partial charge in [0.05, 0.1) is 17.8 Å². The van der Waals surface area contributed by atoms with Crippen LogP contribution in [0.3, 0.4) is 0 Å². The smallest absolute Gasteiger partial charge is 0.363 e. The van der Waals surface area contributed by atoms with Crippen molar-refractivity contribution in [2.75, 3.05) is 5.32 Å². The van der Waals surface area contributed by atoms with Crippen molar-refractivity contribution >= 4 is 11.6 Å². The Hall–Kier alpha value is -2.75. The number of terminal acetylenes is 1. The Kier molecular flexibility index (Phi) is 4.53. The van der Waals surface area contributed by atoms with Gasteiger partial charge in [-0.1, -0.05) is 30.3 Å². The van der Waals surface area contributed by atoms with Crippen molar-refractivity contribution in [3.63, 3.8) is 0 Å². The minimum atomic E-state index is -4.46. The van der Waals surface area contributed by atoms with E-state index in [0.717, 1.165) is 10.2 Å². The van der Waals surface area contributed by atoms with Gasteiger partial charge in [0.1, 0.15) is 5.82 Å². The maximum atomic E-state index is 13.5. The van der Waals surface area contributed by atoms with Gasteiger partial charge >= 0.3 is 6.18 Å². The summed E-state index contributed by atoms with van der Waals surface area (Å²) in [5.74, 6) is 2.14. The maximum Gasteiger partial charge on any atom is 0.410 e. The number of alkyl halides is 3. The molecule has 2 unspecified atom stereocenters. The molecule has 0 amide bonds. The van der Waals surface area contributed by atoms with E-state index in [9.17, 15) is 18.0 Å². The topological polar surface area (TPSA) is 46.9 Å². The van der Waals surface area contributed by atoms with Gasteiger partial charge in [0.25, 0.3) is 0 Å². The van der Waals surface area contributed by atoms with Crippen LogP contribution in [0, 0.1) is 12.3 Å². The number of anilines is 1. The Morgan fingerprint density at radius 1 is 1.36 bits per heavy atom. The number of carbonyl (C=O) groups excluding carboxylic acids is 1. The molecular weight excluding hydrogens is 331 g/mol. The lowest BCUT2D eigenvalue weighted by Gasteiger charge is -2.34. The van der Waals surface area contributed by atoms with Gasteiger partial charge in [-0.05, 0) is 5.56 Å². The number of aromatic nitrogens is 2. The van der Waals surface area contributed by atoms with Crippen molar-refractivity contribution in [1.29, 1.82) is 0 Å². The minimum absolute atomic E-state index is 0.0730. The van der Waals surface area contributed by atoms with Crippen molar-refractivity contribution in [1.82, 2.24) is 9.78 Å². The van der Waals surface area contributed by atoms with Gasteiger partial charge in [0.15, 0.2) is 11.8 Å². The minimum Gasteiger partial charge on any atom is -0.363 e. The summed E-state index contributed by atoms with van der Waals surface area (Å²) in [5, 5.41) is 6.87. The zero-order valence-electron chi connectivity index (χ0n) is 13.3. The number of halogens is 3. The molecule has 1 aromatic heterocycles. The first-order chi connectivity index (χ1) is 11.9. The Morgan fingerprint density at radius 2 is 2.08 bits per heavy atom. The van der Waals surface area contributed by atoms with E-state index in [2.05, 4.69) is 16.3 Å². The largest absolute Gasteiger partial charge is 0.410 e. The molecular formula is C18H16F3N3O. The molecule has 0 fully saturated rings. The van der Waals surface area contributed by atoms with Gasteiger partial charge in [-0.15, -0.1) is 12.3 Å². The predicted molar refractivity (Wildman–Crippen MR) is 87.1 cm³/mol. The number of Topliss-reactive ketones (excluding diaryl/α,β-unsaturated/α-hetero) is 1. The molecule has 1 aliphatic heterocycles. The van der Waals surface area contributed by atoms with Crippen LogP contribution in [0.5, 0.6) is 0 Å². The molecule has 0 radical (unpaired) electrons. The second kappa shape index (κ2) is 6.63. The van der Waals surface area contributed by atoms with E-state index >= 15 is 0 Å². The van der Waals surface area contributed by atoms with Gasteiger partial charge in [-0.25, -0.2) is 4.68 Å². The third-order valence-electron chi connectivity index (χ3n) is 4.24. The number of ketones is 1. The molecule has 0 saturated heterocycles. The first kappa shape index (κ1) is 17.1. The molecule has 0 spiro atoms. The summed E-state index contributed by atoms with van der Waals surface area (Å²) in [7, 11) is 0. The molecule has 2 atom stereocenters. The average Bonchev–Trinajstić information content (AvgIpc) is 3.02. The van der Waals surface area contributed by atoms with E-state index in [0.29, 0.717) is 0 Å². The number of rotatable bonds is 4. The van der Waals surface area contributed by atoms with Gasteiger partial charge in [0.2, 0.25) is 0 Å². The van der Waals surface area contributed by atoms with E-state index in [1.54, 1.807) is 30.3 Å². The number of fused-ring (bicyclic) bond motifs is 1. The molecule has 0 aliphatic carbocycles. The third kappa shape index (κ3) is 3.38. The Morgan fingerprint density at radius 3 is 2.72 bits per heavy atom. The summed E-state index contributed by atoms with van der Waals surface area (Å²) in [6, 6.07) is 6.51.